The number of rotatable bonds is 5. The summed E-state index contributed by atoms with van der Waals surface area (Å²) in [7, 11) is 0. The zero-order valence-electron chi connectivity index (χ0n) is 10.2. The third-order valence-electron chi connectivity index (χ3n) is 2.81. The molecule has 0 aliphatic heterocycles. The summed E-state index contributed by atoms with van der Waals surface area (Å²) in [4.78, 5) is 12.1. The highest BCUT2D eigenvalue weighted by Gasteiger charge is 2.14. The molecule has 1 nitrogen and oxygen atoms in total. The van der Waals surface area contributed by atoms with Gasteiger partial charge in [-0.05, 0) is 41.0 Å². The van der Waals surface area contributed by atoms with Crippen molar-refractivity contribution >= 4 is 28.4 Å². The van der Waals surface area contributed by atoms with Crippen LogP contribution in [0.4, 0.5) is 0 Å². The van der Waals surface area contributed by atoms with Gasteiger partial charge >= 0.3 is 0 Å². The Kier molecular flexibility index (Phi) is 5.46. The molecule has 0 radical (unpaired) electrons. The third-order valence-corrected chi connectivity index (χ3v) is 4.24. The van der Waals surface area contributed by atoms with Gasteiger partial charge in [-0.25, -0.2) is 0 Å². The maximum atomic E-state index is 12.1. The van der Waals surface area contributed by atoms with E-state index in [9.17, 15) is 4.79 Å². The third kappa shape index (κ3) is 3.58. The van der Waals surface area contributed by atoms with Crippen LogP contribution in [0.15, 0.2) is 18.2 Å². The van der Waals surface area contributed by atoms with Crippen LogP contribution in [0.5, 0.6) is 0 Å². The van der Waals surface area contributed by atoms with Crippen molar-refractivity contribution < 1.29 is 4.79 Å². The van der Waals surface area contributed by atoms with Crippen LogP contribution in [0.3, 0.4) is 0 Å². The van der Waals surface area contributed by atoms with Gasteiger partial charge in [0.05, 0.1) is 0 Å². The number of hydrogen-bond donors (Lipinski definition) is 0. The van der Waals surface area contributed by atoms with E-state index in [1.54, 1.807) is 0 Å². The molecule has 88 valence electrons. The lowest BCUT2D eigenvalue weighted by atomic mass is 9.95. The number of carbonyl (C=O) groups is 1. The molecule has 0 heterocycles. The van der Waals surface area contributed by atoms with Crippen LogP contribution in [-0.2, 0) is 0 Å². The molecule has 0 amide bonds. The van der Waals surface area contributed by atoms with Gasteiger partial charge in [0.15, 0.2) is 5.78 Å². The van der Waals surface area contributed by atoms with Crippen molar-refractivity contribution in [3.8, 4) is 0 Å². The van der Waals surface area contributed by atoms with E-state index in [1.807, 2.05) is 25.1 Å². The molecule has 0 aromatic heterocycles. The number of benzene rings is 1. The molecule has 1 atom stereocenters. The minimum absolute atomic E-state index is 0.286. The minimum atomic E-state index is 0.286. The fourth-order valence-electron chi connectivity index (χ4n) is 1.88. The molecule has 0 bridgehead atoms. The van der Waals surface area contributed by atoms with Crippen LogP contribution in [0.2, 0.25) is 0 Å². The fraction of sp³-hybridized carbons (Fsp3) is 0.500. The largest absolute Gasteiger partial charge is 0.294 e. The molecule has 1 unspecified atom stereocenters. The summed E-state index contributed by atoms with van der Waals surface area (Å²) in [5, 5.41) is 0. The quantitative estimate of drug-likeness (QED) is 0.569. The average molecular weight is 330 g/mol. The summed E-state index contributed by atoms with van der Waals surface area (Å²) >= 11 is 2.27. The van der Waals surface area contributed by atoms with Crippen LogP contribution >= 0.6 is 22.6 Å². The lowest BCUT2D eigenvalue weighted by Crippen LogP contribution is -2.08. The molecule has 0 spiro atoms. The van der Waals surface area contributed by atoms with E-state index >= 15 is 0 Å². The molecule has 1 rings (SSSR count). The fourth-order valence-corrected chi connectivity index (χ4v) is 2.54. The lowest BCUT2D eigenvalue weighted by Gasteiger charge is -2.10. The number of halogens is 1. The normalized spacial score (nSPS) is 12.5. The molecule has 0 fully saturated rings. The average Bonchev–Trinajstić information content (AvgIpc) is 2.22. The number of hydrogen-bond acceptors (Lipinski definition) is 1. The Morgan fingerprint density at radius 1 is 1.44 bits per heavy atom. The summed E-state index contributed by atoms with van der Waals surface area (Å²) < 4.78 is 1.11. The smallest absolute Gasteiger partial charge is 0.164 e. The van der Waals surface area contributed by atoms with E-state index in [2.05, 4.69) is 36.4 Å². The SMILES string of the molecule is CCCC(C)CC(=O)c1cccc(C)c1I. The van der Waals surface area contributed by atoms with Gasteiger partial charge in [-0.3, -0.25) is 4.79 Å². The van der Waals surface area contributed by atoms with Gasteiger partial charge < -0.3 is 0 Å². The van der Waals surface area contributed by atoms with Crippen molar-refractivity contribution in [1.82, 2.24) is 0 Å². The van der Waals surface area contributed by atoms with E-state index < -0.39 is 0 Å². The Bertz CT molecular complexity index is 371. The second-order valence-electron chi connectivity index (χ2n) is 4.46. The zero-order valence-corrected chi connectivity index (χ0v) is 12.4. The minimum Gasteiger partial charge on any atom is -0.294 e. The molecule has 0 aliphatic rings. The second kappa shape index (κ2) is 6.38. The van der Waals surface area contributed by atoms with Crippen LogP contribution in [-0.4, -0.2) is 5.78 Å². The van der Waals surface area contributed by atoms with Gasteiger partial charge in [0.1, 0.15) is 0 Å². The molecule has 1 aromatic rings. The van der Waals surface area contributed by atoms with Crippen molar-refractivity contribution in [2.24, 2.45) is 5.92 Å². The first-order valence-corrected chi connectivity index (χ1v) is 6.92. The molecule has 0 aliphatic carbocycles. The Hall–Kier alpha value is -0.380. The van der Waals surface area contributed by atoms with Crippen LogP contribution in [0.1, 0.15) is 49.0 Å². The number of Topliss-reactive ketones (excluding diaryl/α,β-unsaturated/α-hetero) is 1. The standard InChI is InChI=1S/C14H19IO/c1-4-6-10(2)9-13(16)12-8-5-7-11(3)14(12)15/h5,7-8,10H,4,6,9H2,1-3H3. The Balaban J connectivity index is 2.77. The maximum absolute atomic E-state index is 12.1. The zero-order chi connectivity index (χ0) is 12.1. The molecule has 0 saturated heterocycles. The summed E-state index contributed by atoms with van der Waals surface area (Å²) in [5.41, 5.74) is 2.08. The molecule has 2 heteroatoms. The van der Waals surface area contributed by atoms with Gasteiger partial charge in [0.2, 0.25) is 0 Å². The monoisotopic (exact) mass is 330 g/mol. The van der Waals surface area contributed by atoms with Crippen LogP contribution in [0, 0.1) is 16.4 Å². The number of carbonyl (C=O) groups excluding carboxylic acids is 1. The van der Waals surface area contributed by atoms with Gasteiger partial charge in [0, 0.05) is 15.6 Å². The Morgan fingerprint density at radius 2 is 2.12 bits per heavy atom. The molecule has 0 N–H and O–H groups in total. The lowest BCUT2D eigenvalue weighted by molar-refractivity contribution is 0.0961. The van der Waals surface area contributed by atoms with Gasteiger partial charge in [-0.1, -0.05) is 44.9 Å². The molecular formula is C14H19IO. The van der Waals surface area contributed by atoms with Gasteiger partial charge in [-0.15, -0.1) is 0 Å². The molecule has 16 heavy (non-hydrogen) atoms. The van der Waals surface area contributed by atoms with E-state index in [4.69, 9.17) is 0 Å². The van der Waals surface area contributed by atoms with E-state index in [0.29, 0.717) is 12.3 Å². The van der Waals surface area contributed by atoms with Crippen molar-refractivity contribution in [3.05, 3.63) is 32.9 Å². The van der Waals surface area contributed by atoms with Crippen LogP contribution < -0.4 is 0 Å². The van der Waals surface area contributed by atoms with Crippen molar-refractivity contribution in [3.63, 3.8) is 0 Å². The van der Waals surface area contributed by atoms with Crippen molar-refractivity contribution in [1.29, 1.82) is 0 Å². The van der Waals surface area contributed by atoms with E-state index in [-0.39, 0.29) is 5.78 Å². The number of ketones is 1. The second-order valence-corrected chi connectivity index (χ2v) is 5.54. The highest BCUT2D eigenvalue weighted by atomic mass is 127. The van der Waals surface area contributed by atoms with Gasteiger partial charge in [0.25, 0.3) is 0 Å². The number of aryl methyl sites for hydroxylation is 1. The molecule has 0 saturated carbocycles. The Labute approximate surface area is 112 Å². The predicted molar refractivity (Wildman–Crippen MR) is 76.9 cm³/mol. The van der Waals surface area contributed by atoms with E-state index in [0.717, 1.165) is 22.0 Å². The van der Waals surface area contributed by atoms with Crippen molar-refractivity contribution in [2.45, 2.75) is 40.0 Å². The van der Waals surface area contributed by atoms with E-state index in [1.165, 1.54) is 5.56 Å². The summed E-state index contributed by atoms with van der Waals surface area (Å²) in [6.45, 7) is 6.37. The highest BCUT2D eigenvalue weighted by molar-refractivity contribution is 14.1. The summed E-state index contributed by atoms with van der Waals surface area (Å²) in [5.74, 6) is 0.780. The van der Waals surface area contributed by atoms with Gasteiger partial charge in [-0.2, -0.15) is 0 Å². The first-order chi connectivity index (χ1) is 7.56. The van der Waals surface area contributed by atoms with Crippen molar-refractivity contribution in [2.75, 3.05) is 0 Å². The first kappa shape index (κ1) is 13.7. The first-order valence-electron chi connectivity index (χ1n) is 5.84. The highest BCUT2D eigenvalue weighted by Crippen LogP contribution is 2.21. The molecule has 1 aromatic carbocycles. The Morgan fingerprint density at radius 3 is 2.75 bits per heavy atom. The summed E-state index contributed by atoms with van der Waals surface area (Å²) in [6.07, 6.45) is 2.96. The maximum Gasteiger partial charge on any atom is 0.164 e. The van der Waals surface area contributed by atoms with Crippen LogP contribution in [0.25, 0.3) is 0 Å². The topological polar surface area (TPSA) is 17.1 Å². The molecular weight excluding hydrogens is 311 g/mol. The predicted octanol–water partition coefficient (Wildman–Crippen LogP) is 4.61. The summed E-state index contributed by atoms with van der Waals surface area (Å²) in [6, 6.07) is 5.96.